The molecule has 0 bridgehead atoms. The van der Waals surface area contributed by atoms with E-state index in [1.54, 1.807) is 12.3 Å². The Morgan fingerprint density at radius 2 is 2.27 bits per heavy atom. The first-order chi connectivity index (χ1) is 7.03. The summed E-state index contributed by atoms with van der Waals surface area (Å²) in [5, 5.41) is 12.0. The maximum Gasteiger partial charge on any atom is 0.221 e. The van der Waals surface area contributed by atoms with Crippen molar-refractivity contribution in [1.29, 1.82) is 0 Å². The lowest BCUT2D eigenvalue weighted by Gasteiger charge is -2.24. The largest absolute Gasteiger partial charge is 0.396 e. The summed E-state index contributed by atoms with van der Waals surface area (Å²) in [6, 6.07) is 1.77. The molecular weight excluding hydrogens is 192 g/mol. The van der Waals surface area contributed by atoms with Gasteiger partial charge in [-0.2, -0.15) is 4.98 Å². The van der Waals surface area contributed by atoms with Crippen LogP contribution >= 0.6 is 0 Å². The van der Waals surface area contributed by atoms with E-state index >= 15 is 0 Å². The highest BCUT2D eigenvalue weighted by Crippen LogP contribution is 2.20. The normalized spacial score (nSPS) is 11.4. The third-order valence-electron chi connectivity index (χ3n) is 2.21. The fourth-order valence-corrected chi connectivity index (χ4v) is 1.19. The van der Waals surface area contributed by atoms with Crippen molar-refractivity contribution in [1.82, 2.24) is 9.97 Å². The van der Waals surface area contributed by atoms with Gasteiger partial charge in [-0.25, -0.2) is 4.98 Å². The molecule has 0 spiro atoms. The third kappa shape index (κ3) is 4.12. The monoisotopic (exact) mass is 210 g/mol. The smallest absolute Gasteiger partial charge is 0.221 e. The Labute approximate surface area is 89.7 Å². The minimum Gasteiger partial charge on any atom is -0.396 e. The third-order valence-corrected chi connectivity index (χ3v) is 2.21. The quantitative estimate of drug-likeness (QED) is 0.672. The second kappa shape index (κ2) is 4.93. The van der Waals surface area contributed by atoms with Crippen LogP contribution in [0.4, 0.5) is 11.8 Å². The predicted octanol–water partition coefficient (Wildman–Crippen LogP) is 0.879. The van der Waals surface area contributed by atoms with Crippen LogP contribution in [0.2, 0.25) is 0 Å². The maximum atomic E-state index is 8.87. The van der Waals surface area contributed by atoms with Crippen molar-refractivity contribution in [3.63, 3.8) is 0 Å². The molecule has 0 atom stereocenters. The van der Waals surface area contributed by atoms with Crippen LogP contribution in [0.3, 0.4) is 0 Å². The number of nitrogens with two attached hydrogens (primary N) is 1. The van der Waals surface area contributed by atoms with Crippen molar-refractivity contribution in [2.24, 2.45) is 5.41 Å². The molecule has 4 N–H and O–H groups in total. The summed E-state index contributed by atoms with van der Waals surface area (Å²) in [5.74, 6) is 0.980. The molecule has 84 valence electrons. The maximum absolute atomic E-state index is 8.87. The van der Waals surface area contributed by atoms with Crippen LogP contribution in [-0.4, -0.2) is 28.2 Å². The van der Waals surface area contributed by atoms with E-state index in [9.17, 15) is 0 Å². The molecule has 1 aromatic heterocycles. The van der Waals surface area contributed by atoms with E-state index in [0.717, 1.165) is 13.0 Å². The fraction of sp³-hybridized carbons (Fsp3) is 0.600. The summed E-state index contributed by atoms with van der Waals surface area (Å²) in [6.45, 7) is 5.10. The molecule has 0 saturated heterocycles. The van der Waals surface area contributed by atoms with Gasteiger partial charge in [0.25, 0.3) is 0 Å². The van der Waals surface area contributed by atoms with Gasteiger partial charge in [-0.3, -0.25) is 0 Å². The van der Waals surface area contributed by atoms with E-state index in [4.69, 9.17) is 10.8 Å². The number of hydrogen-bond donors (Lipinski definition) is 3. The Hall–Kier alpha value is -1.36. The van der Waals surface area contributed by atoms with Gasteiger partial charge in [0.2, 0.25) is 5.95 Å². The highest BCUT2D eigenvalue weighted by atomic mass is 16.3. The molecule has 0 aliphatic heterocycles. The number of hydrogen-bond acceptors (Lipinski definition) is 5. The predicted molar refractivity (Wildman–Crippen MR) is 60.4 cm³/mol. The van der Waals surface area contributed by atoms with Crippen LogP contribution < -0.4 is 11.1 Å². The van der Waals surface area contributed by atoms with E-state index in [1.807, 2.05) is 0 Å². The number of nitrogens with zero attached hydrogens (tertiary/aromatic N) is 2. The lowest BCUT2D eigenvalue weighted by molar-refractivity contribution is 0.220. The molecule has 1 heterocycles. The molecule has 1 aromatic rings. The second-order valence-electron chi connectivity index (χ2n) is 4.29. The first kappa shape index (κ1) is 11.7. The average molecular weight is 210 g/mol. The number of nitrogen functional groups attached to an aromatic ring is 1. The van der Waals surface area contributed by atoms with Crippen LogP contribution in [0.25, 0.3) is 0 Å². The zero-order valence-corrected chi connectivity index (χ0v) is 9.20. The molecular formula is C10H18N4O. The molecule has 0 fully saturated rings. The molecule has 5 heteroatoms. The van der Waals surface area contributed by atoms with Crippen molar-refractivity contribution in [2.45, 2.75) is 20.3 Å². The Morgan fingerprint density at radius 3 is 2.87 bits per heavy atom. The van der Waals surface area contributed by atoms with Gasteiger partial charge in [0.05, 0.1) is 0 Å². The standard InChI is InChI=1S/C10H18N4O/c1-10(2,4-6-15)7-13-8-3-5-12-9(11)14-8/h3,5,15H,4,6-7H2,1-2H3,(H3,11,12,13,14). The number of aromatic nitrogens is 2. The number of aliphatic hydroxyl groups is 1. The fourth-order valence-electron chi connectivity index (χ4n) is 1.19. The first-order valence-corrected chi connectivity index (χ1v) is 4.97. The van der Waals surface area contributed by atoms with Gasteiger partial charge in [0.15, 0.2) is 0 Å². The molecule has 5 nitrogen and oxygen atoms in total. The van der Waals surface area contributed by atoms with Crippen LogP contribution in [0.15, 0.2) is 12.3 Å². The first-order valence-electron chi connectivity index (χ1n) is 4.97. The molecule has 0 radical (unpaired) electrons. The van der Waals surface area contributed by atoms with E-state index in [2.05, 4.69) is 29.1 Å². The summed E-state index contributed by atoms with van der Waals surface area (Å²) >= 11 is 0. The van der Waals surface area contributed by atoms with Gasteiger partial charge < -0.3 is 16.2 Å². The van der Waals surface area contributed by atoms with E-state index in [0.29, 0.717) is 5.82 Å². The van der Waals surface area contributed by atoms with Gasteiger partial charge in [-0.1, -0.05) is 13.8 Å². The topological polar surface area (TPSA) is 84.1 Å². The molecule has 0 amide bonds. The summed E-state index contributed by atoms with van der Waals surface area (Å²) in [7, 11) is 0. The Kier molecular flexibility index (Phi) is 3.85. The molecule has 0 aliphatic carbocycles. The lowest BCUT2D eigenvalue weighted by Crippen LogP contribution is -2.24. The van der Waals surface area contributed by atoms with Crippen molar-refractivity contribution in [3.05, 3.63) is 12.3 Å². The van der Waals surface area contributed by atoms with Gasteiger partial charge in [0.1, 0.15) is 5.82 Å². The molecule has 0 unspecified atom stereocenters. The summed E-state index contributed by atoms with van der Waals surface area (Å²) < 4.78 is 0. The Balaban J connectivity index is 2.49. The minimum atomic E-state index is 0.0362. The number of nitrogens with one attached hydrogen (secondary N) is 1. The highest BCUT2D eigenvalue weighted by molar-refractivity contribution is 5.37. The van der Waals surface area contributed by atoms with Crippen LogP contribution in [0.1, 0.15) is 20.3 Å². The number of anilines is 2. The van der Waals surface area contributed by atoms with Crippen molar-refractivity contribution >= 4 is 11.8 Å². The van der Waals surface area contributed by atoms with Crippen LogP contribution in [0.5, 0.6) is 0 Å². The van der Waals surface area contributed by atoms with E-state index in [1.165, 1.54) is 0 Å². The van der Waals surface area contributed by atoms with Gasteiger partial charge in [0, 0.05) is 19.3 Å². The number of aliphatic hydroxyl groups excluding tert-OH is 1. The van der Waals surface area contributed by atoms with Crippen LogP contribution in [-0.2, 0) is 0 Å². The SMILES string of the molecule is CC(C)(CCO)CNc1ccnc(N)n1. The Morgan fingerprint density at radius 1 is 1.53 bits per heavy atom. The molecule has 0 saturated carbocycles. The average Bonchev–Trinajstić information content (AvgIpc) is 2.15. The van der Waals surface area contributed by atoms with E-state index in [-0.39, 0.29) is 18.0 Å². The summed E-state index contributed by atoms with van der Waals surface area (Å²) in [6.07, 6.45) is 2.37. The Bertz CT molecular complexity index is 314. The summed E-state index contributed by atoms with van der Waals surface area (Å²) in [4.78, 5) is 7.84. The van der Waals surface area contributed by atoms with Gasteiger partial charge in [-0.15, -0.1) is 0 Å². The van der Waals surface area contributed by atoms with E-state index < -0.39 is 0 Å². The molecule has 0 aliphatic rings. The molecule has 0 aromatic carbocycles. The zero-order chi connectivity index (χ0) is 11.3. The van der Waals surface area contributed by atoms with Crippen molar-refractivity contribution in [2.75, 3.05) is 24.2 Å². The van der Waals surface area contributed by atoms with Crippen molar-refractivity contribution < 1.29 is 5.11 Å². The molecule has 15 heavy (non-hydrogen) atoms. The van der Waals surface area contributed by atoms with Gasteiger partial charge >= 0.3 is 0 Å². The van der Waals surface area contributed by atoms with Crippen molar-refractivity contribution in [3.8, 4) is 0 Å². The second-order valence-corrected chi connectivity index (χ2v) is 4.29. The van der Waals surface area contributed by atoms with Gasteiger partial charge in [-0.05, 0) is 17.9 Å². The lowest BCUT2D eigenvalue weighted by atomic mass is 9.90. The minimum absolute atomic E-state index is 0.0362. The number of rotatable bonds is 5. The highest BCUT2D eigenvalue weighted by Gasteiger charge is 2.16. The molecule has 1 rings (SSSR count). The zero-order valence-electron chi connectivity index (χ0n) is 9.20. The van der Waals surface area contributed by atoms with Crippen LogP contribution in [0, 0.1) is 5.41 Å². The summed E-state index contributed by atoms with van der Waals surface area (Å²) in [5.41, 5.74) is 5.49.